The lowest BCUT2D eigenvalue weighted by molar-refractivity contribution is 0.0973. The van der Waals surface area contributed by atoms with Gasteiger partial charge in [-0.25, -0.2) is 0 Å². The number of carbonyl (C=O) groups is 1. The molecule has 0 saturated heterocycles. The number of thiocarbonyl (C=S) groups is 1. The molecule has 0 bridgehead atoms. The smallest absolute Gasteiger partial charge is 0.274 e. The Morgan fingerprint density at radius 2 is 1.92 bits per heavy atom. The van der Waals surface area contributed by atoms with Gasteiger partial charge in [0.15, 0.2) is 5.11 Å². The lowest BCUT2D eigenvalue weighted by atomic mass is 10.2. The van der Waals surface area contributed by atoms with Crippen LogP contribution in [-0.2, 0) is 6.61 Å². The molecule has 5 nitrogen and oxygen atoms in total. The molecule has 6 heteroatoms. The van der Waals surface area contributed by atoms with Crippen molar-refractivity contribution in [2.75, 3.05) is 5.32 Å². The molecule has 0 aliphatic rings. The fourth-order valence-corrected chi connectivity index (χ4v) is 2.63. The van der Waals surface area contributed by atoms with E-state index in [1.54, 1.807) is 6.20 Å². The number of hydrogen-bond donors (Lipinski definition) is 3. The van der Waals surface area contributed by atoms with E-state index in [0.29, 0.717) is 18.1 Å². The zero-order valence-electron chi connectivity index (χ0n) is 14.3. The molecule has 2 aromatic carbocycles. The zero-order chi connectivity index (χ0) is 18.4. The number of anilines is 1. The van der Waals surface area contributed by atoms with E-state index in [9.17, 15) is 4.79 Å². The van der Waals surface area contributed by atoms with Crippen LogP contribution in [0.5, 0.6) is 5.75 Å². The van der Waals surface area contributed by atoms with Crippen LogP contribution in [0.25, 0.3) is 0 Å². The fourth-order valence-electron chi connectivity index (χ4n) is 2.42. The summed E-state index contributed by atoms with van der Waals surface area (Å²) in [4.78, 5) is 15.1. The Balaban J connectivity index is 1.57. The molecule has 0 fully saturated rings. The van der Waals surface area contributed by atoms with Crippen LogP contribution in [0, 0.1) is 6.92 Å². The SMILES string of the molecule is Cc1cc[nH]c1C(=O)NC(=S)Nc1cccc(OCc2ccccc2)c1. The number of hydrogen-bond acceptors (Lipinski definition) is 3. The number of H-pyrrole nitrogens is 1. The minimum absolute atomic E-state index is 0.226. The minimum Gasteiger partial charge on any atom is -0.489 e. The Labute approximate surface area is 157 Å². The van der Waals surface area contributed by atoms with Crippen LogP contribution in [0.1, 0.15) is 21.6 Å². The number of rotatable bonds is 5. The quantitative estimate of drug-likeness (QED) is 0.597. The number of benzene rings is 2. The number of aromatic nitrogens is 1. The van der Waals surface area contributed by atoms with E-state index in [2.05, 4.69) is 15.6 Å². The van der Waals surface area contributed by atoms with Crippen LogP contribution in [0.3, 0.4) is 0 Å². The monoisotopic (exact) mass is 365 g/mol. The molecule has 132 valence electrons. The van der Waals surface area contributed by atoms with Gasteiger partial charge in [0.2, 0.25) is 0 Å². The van der Waals surface area contributed by atoms with E-state index in [0.717, 1.165) is 16.8 Å². The second kappa shape index (κ2) is 8.31. The van der Waals surface area contributed by atoms with Crippen molar-refractivity contribution in [1.82, 2.24) is 10.3 Å². The van der Waals surface area contributed by atoms with E-state index in [-0.39, 0.29) is 11.0 Å². The van der Waals surface area contributed by atoms with Gasteiger partial charge in [-0.1, -0.05) is 36.4 Å². The van der Waals surface area contributed by atoms with E-state index >= 15 is 0 Å². The molecule has 3 rings (SSSR count). The molecule has 26 heavy (non-hydrogen) atoms. The molecule has 1 amide bonds. The van der Waals surface area contributed by atoms with Crippen LogP contribution in [0.4, 0.5) is 5.69 Å². The summed E-state index contributed by atoms with van der Waals surface area (Å²) in [5.74, 6) is 0.440. The van der Waals surface area contributed by atoms with Gasteiger partial charge >= 0.3 is 0 Å². The van der Waals surface area contributed by atoms with Crippen LogP contribution in [0.15, 0.2) is 66.9 Å². The molecule has 1 heterocycles. The van der Waals surface area contributed by atoms with Crippen molar-refractivity contribution < 1.29 is 9.53 Å². The Morgan fingerprint density at radius 3 is 2.65 bits per heavy atom. The topological polar surface area (TPSA) is 66.2 Å². The third kappa shape index (κ3) is 4.70. The second-order valence-corrected chi connectivity index (χ2v) is 6.15. The molecule has 0 spiro atoms. The lowest BCUT2D eigenvalue weighted by Crippen LogP contribution is -2.34. The Kier molecular flexibility index (Phi) is 5.66. The number of nitrogens with one attached hydrogen (secondary N) is 3. The van der Waals surface area contributed by atoms with Gasteiger partial charge in [0.1, 0.15) is 18.1 Å². The van der Waals surface area contributed by atoms with Crippen LogP contribution < -0.4 is 15.4 Å². The molecule has 0 aliphatic carbocycles. The first-order chi connectivity index (χ1) is 12.6. The maximum Gasteiger partial charge on any atom is 0.274 e. The summed E-state index contributed by atoms with van der Waals surface area (Å²) in [7, 11) is 0. The number of carbonyl (C=O) groups excluding carboxylic acids is 1. The molecule has 0 saturated carbocycles. The van der Waals surface area contributed by atoms with Crippen LogP contribution in [-0.4, -0.2) is 16.0 Å². The van der Waals surface area contributed by atoms with Crippen molar-refractivity contribution in [3.63, 3.8) is 0 Å². The second-order valence-electron chi connectivity index (χ2n) is 5.75. The standard InChI is InChI=1S/C20H19N3O2S/c1-14-10-11-21-18(14)19(24)23-20(26)22-16-8-5-9-17(12-16)25-13-15-6-3-2-4-7-15/h2-12,21H,13H2,1H3,(H2,22,23,24,26). The molecule has 0 unspecified atom stereocenters. The molecule has 0 radical (unpaired) electrons. The molecule has 3 N–H and O–H groups in total. The fraction of sp³-hybridized carbons (Fsp3) is 0.100. The first kappa shape index (κ1) is 17.7. The van der Waals surface area contributed by atoms with Crippen LogP contribution >= 0.6 is 12.2 Å². The van der Waals surface area contributed by atoms with Crippen molar-refractivity contribution in [1.29, 1.82) is 0 Å². The average Bonchev–Trinajstić information content (AvgIpc) is 3.07. The maximum absolute atomic E-state index is 12.2. The Hall–Kier alpha value is -3.12. The third-order valence-corrected chi connectivity index (χ3v) is 3.95. The van der Waals surface area contributed by atoms with Gasteiger partial charge in [-0.3, -0.25) is 10.1 Å². The minimum atomic E-state index is -0.276. The van der Waals surface area contributed by atoms with E-state index in [1.165, 1.54) is 0 Å². The molecule has 0 atom stereocenters. The highest BCUT2D eigenvalue weighted by molar-refractivity contribution is 7.80. The summed E-state index contributed by atoms with van der Waals surface area (Å²) in [5, 5.41) is 5.88. The summed E-state index contributed by atoms with van der Waals surface area (Å²) in [6.45, 7) is 2.34. The molecule has 0 aliphatic heterocycles. The summed E-state index contributed by atoms with van der Waals surface area (Å²) in [6, 6.07) is 19.2. The van der Waals surface area contributed by atoms with Crippen molar-refractivity contribution >= 4 is 28.9 Å². The maximum atomic E-state index is 12.2. The van der Waals surface area contributed by atoms with Gasteiger partial charge in [-0.05, 0) is 48.5 Å². The largest absolute Gasteiger partial charge is 0.489 e. The van der Waals surface area contributed by atoms with Gasteiger partial charge in [-0.15, -0.1) is 0 Å². The van der Waals surface area contributed by atoms with Gasteiger partial charge < -0.3 is 15.0 Å². The van der Waals surface area contributed by atoms with Crippen molar-refractivity contribution in [2.24, 2.45) is 0 Å². The van der Waals surface area contributed by atoms with E-state index < -0.39 is 0 Å². The Bertz CT molecular complexity index is 906. The molecular weight excluding hydrogens is 346 g/mol. The predicted octanol–water partition coefficient (Wildman–Crippen LogP) is 4.03. The Morgan fingerprint density at radius 1 is 1.12 bits per heavy atom. The summed E-state index contributed by atoms with van der Waals surface area (Å²) in [6.07, 6.45) is 1.72. The predicted molar refractivity (Wildman–Crippen MR) is 106 cm³/mol. The van der Waals surface area contributed by atoms with E-state index in [1.807, 2.05) is 67.6 Å². The van der Waals surface area contributed by atoms with Crippen molar-refractivity contribution in [3.8, 4) is 5.75 Å². The van der Waals surface area contributed by atoms with Crippen LogP contribution in [0.2, 0.25) is 0 Å². The van der Waals surface area contributed by atoms with Gasteiger partial charge in [0.25, 0.3) is 5.91 Å². The number of aromatic amines is 1. The number of ether oxygens (including phenoxy) is 1. The summed E-state index contributed by atoms with van der Waals surface area (Å²) < 4.78 is 5.79. The lowest BCUT2D eigenvalue weighted by Gasteiger charge is -2.11. The molecule has 3 aromatic rings. The van der Waals surface area contributed by atoms with Gasteiger partial charge in [0, 0.05) is 18.0 Å². The van der Waals surface area contributed by atoms with Gasteiger partial charge in [0.05, 0.1) is 0 Å². The molecular formula is C20H19N3O2S. The van der Waals surface area contributed by atoms with Crippen molar-refractivity contribution in [3.05, 3.63) is 83.7 Å². The van der Waals surface area contributed by atoms with E-state index in [4.69, 9.17) is 17.0 Å². The third-order valence-electron chi connectivity index (χ3n) is 3.75. The highest BCUT2D eigenvalue weighted by atomic mass is 32.1. The number of amides is 1. The summed E-state index contributed by atoms with van der Waals surface area (Å²) in [5.41, 5.74) is 3.19. The molecule has 1 aromatic heterocycles. The van der Waals surface area contributed by atoms with Crippen molar-refractivity contribution in [2.45, 2.75) is 13.5 Å². The highest BCUT2D eigenvalue weighted by Crippen LogP contribution is 2.18. The normalized spacial score (nSPS) is 10.2. The zero-order valence-corrected chi connectivity index (χ0v) is 15.1. The van der Waals surface area contributed by atoms with Gasteiger partial charge in [-0.2, -0.15) is 0 Å². The number of aryl methyl sites for hydroxylation is 1. The average molecular weight is 365 g/mol. The first-order valence-corrected chi connectivity index (χ1v) is 8.56. The first-order valence-electron chi connectivity index (χ1n) is 8.15. The summed E-state index contributed by atoms with van der Waals surface area (Å²) >= 11 is 5.22. The highest BCUT2D eigenvalue weighted by Gasteiger charge is 2.11.